The Balaban J connectivity index is 0.00000338. The van der Waals surface area contributed by atoms with Crippen LogP contribution in [0.3, 0.4) is 0 Å². The maximum atomic E-state index is 12.4. The highest BCUT2D eigenvalue weighted by Crippen LogP contribution is 2.19. The van der Waals surface area contributed by atoms with E-state index in [0.29, 0.717) is 6.54 Å². The molecule has 0 aliphatic carbocycles. The summed E-state index contributed by atoms with van der Waals surface area (Å²) in [7, 11) is 2.10. The highest BCUT2D eigenvalue weighted by molar-refractivity contribution is 5.85. The quantitative estimate of drug-likeness (QED) is 0.691. The molecule has 0 aliphatic heterocycles. The largest absolute Gasteiger partial charge is 0.352 e. The molecular formula is C21H31Cl2N3O. The van der Waals surface area contributed by atoms with Gasteiger partial charge in [-0.25, -0.2) is 0 Å². The molecule has 0 heterocycles. The van der Waals surface area contributed by atoms with Crippen molar-refractivity contribution in [2.45, 2.75) is 33.0 Å². The van der Waals surface area contributed by atoms with Crippen molar-refractivity contribution in [3.05, 3.63) is 71.3 Å². The molecule has 2 aromatic carbocycles. The van der Waals surface area contributed by atoms with Crippen LogP contribution in [-0.4, -0.2) is 24.4 Å². The number of carbonyl (C=O) groups is 1. The van der Waals surface area contributed by atoms with Gasteiger partial charge < -0.3 is 16.0 Å². The van der Waals surface area contributed by atoms with Gasteiger partial charge in [0.1, 0.15) is 0 Å². The number of amides is 1. The first kappa shape index (κ1) is 25.4. The first-order chi connectivity index (χ1) is 12.0. The molecule has 0 saturated heterocycles. The minimum atomic E-state index is -0.300. The number of benzene rings is 2. The van der Waals surface area contributed by atoms with E-state index in [1.807, 2.05) is 49.4 Å². The fourth-order valence-electron chi connectivity index (χ4n) is 2.74. The summed E-state index contributed by atoms with van der Waals surface area (Å²) in [6.07, 6.45) is 0. The molecule has 150 valence electrons. The van der Waals surface area contributed by atoms with E-state index < -0.39 is 0 Å². The molecule has 0 radical (unpaired) electrons. The van der Waals surface area contributed by atoms with Gasteiger partial charge in [0, 0.05) is 19.1 Å². The Kier molecular flexibility index (Phi) is 12.0. The molecular weight excluding hydrogens is 381 g/mol. The number of rotatable bonds is 8. The van der Waals surface area contributed by atoms with Crippen LogP contribution < -0.4 is 11.1 Å². The molecule has 0 spiro atoms. The van der Waals surface area contributed by atoms with E-state index in [-0.39, 0.29) is 42.7 Å². The Labute approximate surface area is 175 Å². The van der Waals surface area contributed by atoms with Crippen molar-refractivity contribution in [3.63, 3.8) is 0 Å². The van der Waals surface area contributed by atoms with Crippen LogP contribution in [0.15, 0.2) is 54.6 Å². The van der Waals surface area contributed by atoms with Crippen LogP contribution in [0.1, 0.15) is 36.6 Å². The Hall–Kier alpha value is -1.59. The standard InChI is InChI=1S/C21H29N3O.2ClH/c1-4-24(3)15-18-10-8-9-17(13-18)14-23-21(25)16(2)20(22)19-11-6-5-7-12-19;;/h5-13,16,20H,4,14-15,22H2,1-3H3,(H,23,25);2*1H. The third-order valence-corrected chi connectivity index (χ3v) is 4.59. The summed E-state index contributed by atoms with van der Waals surface area (Å²) in [5, 5.41) is 3.01. The van der Waals surface area contributed by atoms with E-state index >= 15 is 0 Å². The Bertz CT molecular complexity index is 682. The number of nitrogens with one attached hydrogen (secondary N) is 1. The number of hydrogen-bond donors (Lipinski definition) is 2. The SMILES string of the molecule is CCN(C)Cc1cccc(CNC(=O)C(C)C(N)c2ccccc2)c1.Cl.Cl. The molecule has 2 atom stereocenters. The zero-order valence-electron chi connectivity index (χ0n) is 16.2. The molecule has 0 aromatic heterocycles. The highest BCUT2D eigenvalue weighted by atomic mass is 35.5. The fourth-order valence-corrected chi connectivity index (χ4v) is 2.74. The number of nitrogens with two attached hydrogens (primary N) is 1. The Morgan fingerprint density at radius 3 is 2.33 bits per heavy atom. The van der Waals surface area contributed by atoms with E-state index in [1.165, 1.54) is 5.56 Å². The number of halogens is 2. The summed E-state index contributed by atoms with van der Waals surface area (Å²) in [5.41, 5.74) is 9.58. The summed E-state index contributed by atoms with van der Waals surface area (Å²) in [6, 6.07) is 17.8. The second kappa shape index (κ2) is 12.7. The van der Waals surface area contributed by atoms with Gasteiger partial charge in [0.15, 0.2) is 0 Å². The van der Waals surface area contributed by atoms with Crippen molar-refractivity contribution in [1.29, 1.82) is 0 Å². The van der Waals surface area contributed by atoms with Gasteiger partial charge in [-0.3, -0.25) is 4.79 Å². The molecule has 3 N–H and O–H groups in total. The van der Waals surface area contributed by atoms with E-state index in [9.17, 15) is 4.79 Å². The molecule has 0 bridgehead atoms. The van der Waals surface area contributed by atoms with Crippen LogP contribution in [0, 0.1) is 5.92 Å². The average molecular weight is 412 g/mol. The van der Waals surface area contributed by atoms with Crippen molar-refractivity contribution >= 4 is 30.7 Å². The van der Waals surface area contributed by atoms with E-state index in [1.54, 1.807) is 0 Å². The van der Waals surface area contributed by atoms with Crippen LogP contribution in [0.25, 0.3) is 0 Å². The number of hydrogen-bond acceptors (Lipinski definition) is 3. The lowest BCUT2D eigenvalue weighted by molar-refractivity contribution is -0.125. The van der Waals surface area contributed by atoms with E-state index in [4.69, 9.17) is 5.73 Å². The first-order valence-electron chi connectivity index (χ1n) is 8.85. The lowest BCUT2D eigenvalue weighted by Gasteiger charge is -2.20. The second-order valence-electron chi connectivity index (χ2n) is 6.59. The normalized spacial score (nSPS) is 12.5. The van der Waals surface area contributed by atoms with Gasteiger partial charge in [-0.1, -0.05) is 68.4 Å². The molecule has 6 heteroatoms. The monoisotopic (exact) mass is 411 g/mol. The Morgan fingerprint density at radius 1 is 1.07 bits per heavy atom. The zero-order chi connectivity index (χ0) is 18.2. The van der Waals surface area contributed by atoms with Gasteiger partial charge in [0.05, 0.1) is 5.92 Å². The second-order valence-corrected chi connectivity index (χ2v) is 6.59. The molecule has 0 fully saturated rings. The molecule has 4 nitrogen and oxygen atoms in total. The van der Waals surface area contributed by atoms with Crippen LogP contribution in [-0.2, 0) is 17.9 Å². The molecule has 2 unspecified atom stereocenters. The van der Waals surface area contributed by atoms with Crippen molar-refractivity contribution in [3.8, 4) is 0 Å². The zero-order valence-corrected chi connectivity index (χ0v) is 17.9. The number of nitrogens with zero attached hydrogens (tertiary/aromatic N) is 1. The predicted octanol–water partition coefficient (Wildman–Crippen LogP) is 3.93. The van der Waals surface area contributed by atoms with Crippen molar-refractivity contribution < 1.29 is 4.79 Å². The lowest BCUT2D eigenvalue weighted by Crippen LogP contribution is -2.35. The van der Waals surface area contributed by atoms with Gasteiger partial charge in [-0.2, -0.15) is 0 Å². The maximum absolute atomic E-state index is 12.4. The fraction of sp³-hybridized carbons (Fsp3) is 0.381. The minimum Gasteiger partial charge on any atom is -0.352 e. The van der Waals surface area contributed by atoms with Crippen molar-refractivity contribution in [2.24, 2.45) is 11.7 Å². The van der Waals surface area contributed by atoms with Gasteiger partial charge in [0.25, 0.3) is 0 Å². The van der Waals surface area contributed by atoms with Crippen molar-refractivity contribution in [2.75, 3.05) is 13.6 Å². The maximum Gasteiger partial charge on any atom is 0.225 e. The summed E-state index contributed by atoms with van der Waals surface area (Å²) >= 11 is 0. The smallest absolute Gasteiger partial charge is 0.225 e. The number of carbonyl (C=O) groups excluding carboxylic acids is 1. The minimum absolute atomic E-state index is 0. The van der Waals surface area contributed by atoms with Crippen LogP contribution >= 0.6 is 24.8 Å². The molecule has 2 rings (SSSR count). The highest BCUT2D eigenvalue weighted by Gasteiger charge is 2.21. The summed E-state index contributed by atoms with van der Waals surface area (Å²) < 4.78 is 0. The molecule has 27 heavy (non-hydrogen) atoms. The summed E-state index contributed by atoms with van der Waals surface area (Å²) in [4.78, 5) is 14.7. The van der Waals surface area contributed by atoms with E-state index in [0.717, 1.165) is 24.2 Å². The summed E-state index contributed by atoms with van der Waals surface area (Å²) in [6.45, 7) is 6.46. The molecule has 1 amide bonds. The van der Waals surface area contributed by atoms with Crippen LogP contribution in [0.2, 0.25) is 0 Å². The Morgan fingerprint density at radius 2 is 1.70 bits per heavy atom. The molecule has 2 aromatic rings. The molecule has 0 aliphatic rings. The predicted molar refractivity (Wildman–Crippen MR) is 117 cm³/mol. The summed E-state index contributed by atoms with van der Waals surface area (Å²) in [5.74, 6) is -0.302. The third kappa shape index (κ3) is 7.89. The third-order valence-electron chi connectivity index (χ3n) is 4.59. The first-order valence-corrected chi connectivity index (χ1v) is 8.85. The van der Waals surface area contributed by atoms with Gasteiger partial charge >= 0.3 is 0 Å². The van der Waals surface area contributed by atoms with Crippen LogP contribution in [0.4, 0.5) is 0 Å². The van der Waals surface area contributed by atoms with Gasteiger partial charge in [-0.15, -0.1) is 24.8 Å². The van der Waals surface area contributed by atoms with Crippen molar-refractivity contribution in [1.82, 2.24) is 10.2 Å². The van der Waals surface area contributed by atoms with Gasteiger partial charge in [-0.05, 0) is 30.3 Å². The topological polar surface area (TPSA) is 58.4 Å². The average Bonchev–Trinajstić information content (AvgIpc) is 2.65. The van der Waals surface area contributed by atoms with Crippen LogP contribution in [0.5, 0.6) is 0 Å². The molecule has 0 saturated carbocycles. The lowest BCUT2D eigenvalue weighted by atomic mass is 9.94. The van der Waals surface area contributed by atoms with Gasteiger partial charge in [0.2, 0.25) is 5.91 Å². The van der Waals surface area contributed by atoms with E-state index in [2.05, 4.69) is 36.3 Å².